The number of anilines is 1. The molecule has 0 saturated heterocycles. The smallest absolute Gasteiger partial charge is 0.266 e. The molecule has 9 heteroatoms. The lowest BCUT2D eigenvalue weighted by Crippen LogP contribution is -2.32. The van der Waals surface area contributed by atoms with Crippen LogP contribution in [0.4, 0.5) is 5.69 Å². The van der Waals surface area contributed by atoms with Crippen LogP contribution in [-0.2, 0) is 11.3 Å². The molecule has 152 valence electrons. The van der Waals surface area contributed by atoms with E-state index in [0.717, 1.165) is 16.5 Å². The lowest BCUT2D eigenvalue weighted by Gasteiger charge is -2.08. The minimum absolute atomic E-state index is 0.101. The summed E-state index contributed by atoms with van der Waals surface area (Å²) in [5.41, 5.74) is 1.87. The van der Waals surface area contributed by atoms with Gasteiger partial charge < -0.3 is 10.6 Å². The van der Waals surface area contributed by atoms with E-state index in [9.17, 15) is 14.4 Å². The highest BCUT2D eigenvalue weighted by Gasteiger charge is 2.20. The number of nitrogens with zero attached hydrogens (tertiary/aromatic N) is 2. The van der Waals surface area contributed by atoms with Gasteiger partial charge in [-0.2, -0.15) is 0 Å². The summed E-state index contributed by atoms with van der Waals surface area (Å²) in [6, 6.07) is 5.58. The summed E-state index contributed by atoms with van der Waals surface area (Å²) < 4.78 is 2.20. The summed E-state index contributed by atoms with van der Waals surface area (Å²) in [6.07, 6.45) is 2.17. The summed E-state index contributed by atoms with van der Waals surface area (Å²) >= 11 is 4.57. The van der Waals surface area contributed by atoms with Crippen molar-refractivity contribution in [3.8, 4) is 0 Å². The summed E-state index contributed by atoms with van der Waals surface area (Å²) in [5, 5.41) is 6.01. The molecule has 3 rings (SSSR count). The van der Waals surface area contributed by atoms with Crippen LogP contribution >= 0.6 is 27.3 Å². The van der Waals surface area contributed by atoms with Crippen molar-refractivity contribution in [2.24, 2.45) is 0 Å². The quantitative estimate of drug-likeness (QED) is 0.567. The van der Waals surface area contributed by atoms with Crippen molar-refractivity contribution in [3.63, 3.8) is 0 Å². The molecule has 29 heavy (non-hydrogen) atoms. The first-order chi connectivity index (χ1) is 13.8. The lowest BCUT2D eigenvalue weighted by molar-refractivity contribution is -0.121. The Morgan fingerprint density at radius 3 is 2.72 bits per heavy atom. The maximum atomic E-state index is 12.9. The van der Waals surface area contributed by atoms with Gasteiger partial charge in [-0.25, -0.2) is 4.98 Å². The van der Waals surface area contributed by atoms with Crippen molar-refractivity contribution in [1.29, 1.82) is 0 Å². The molecule has 2 amide bonds. The molecule has 2 N–H and O–H groups in total. The maximum absolute atomic E-state index is 12.9. The van der Waals surface area contributed by atoms with Crippen LogP contribution in [0.15, 0.2) is 33.8 Å². The SMILES string of the molecule is CCCNC(=O)Cn1cnc2sc(C(=O)Nc3ccc(Br)cc3C)c(C)c2c1=O. The second-order valence-corrected chi connectivity index (χ2v) is 8.59. The summed E-state index contributed by atoms with van der Waals surface area (Å²) in [5.74, 6) is -0.533. The van der Waals surface area contributed by atoms with Crippen LogP contribution < -0.4 is 16.2 Å². The summed E-state index contributed by atoms with van der Waals surface area (Å²) in [4.78, 5) is 42.8. The fraction of sp³-hybridized carbons (Fsp3) is 0.300. The number of aryl methyl sites for hydroxylation is 2. The van der Waals surface area contributed by atoms with E-state index >= 15 is 0 Å². The van der Waals surface area contributed by atoms with Gasteiger partial charge in [0.25, 0.3) is 11.5 Å². The molecule has 2 aromatic heterocycles. The third kappa shape index (κ3) is 4.56. The first kappa shape index (κ1) is 21.2. The fourth-order valence-corrected chi connectivity index (χ4v) is 4.42. The molecule has 0 atom stereocenters. The number of aromatic nitrogens is 2. The Bertz CT molecular complexity index is 1150. The topological polar surface area (TPSA) is 93.1 Å². The van der Waals surface area contributed by atoms with Crippen molar-refractivity contribution < 1.29 is 9.59 Å². The van der Waals surface area contributed by atoms with Crippen molar-refractivity contribution in [3.05, 3.63) is 55.4 Å². The zero-order chi connectivity index (χ0) is 21.1. The summed E-state index contributed by atoms with van der Waals surface area (Å²) in [7, 11) is 0. The Kier molecular flexibility index (Phi) is 6.49. The number of thiophene rings is 1. The van der Waals surface area contributed by atoms with Gasteiger partial charge in [0.05, 0.1) is 16.6 Å². The molecule has 7 nitrogen and oxygen atoms in total. The van der Waals surface area contributed by atoms with Gasteiger partial charge in [0.15, 0.2) is 0 Å². The van der Waals surface area contributed by atoms with E-state index < -0.39 is 0 Å². The molecule has 3 aromatic rings. The molecule has 0 fully saturated rings. The fourth-order valence-electron chi connectivity index (χ4n) is 2.91. The minimum Gasteiger partial charge on any atom is -0.355 e. The van der Waals surface area contributed by atoms with Gasteiger partial charge in [0.1, 0.15) is 11.4 Å². The molecule has 0 bridgehead atoms. The van der Waals surface area contributed by atoms with Gasteiger partial charge in [-0.3, -0.25) is 19.0 Å². The number of hydrogen-bond acceptors (Lipinski definition) is 5. The van der Waals surface area contributed by atoms with E-state index in [1.807, 2.05) is 32.0 Å². The van der Waals surface area contributed by atoms with Gasteiger partial charge in [-0.1, -0.05) is 22.9 Å². The number of benzene rings is 1. The second-order valence-electron chi connectivity index (χ2n) is 6.68. The number of carbonyl (C=O) groups excluding carboxylic acids is 2. The van der Waals surface area contributed by atoms with Crippen molar-refractivity contribution >= 4 is 55.0 Å². The molecule has 2 heterocycles. The molecule has 0 aliphatic carbocycles. The van der Waals surface area contributed by atoms with Gasteiger partial charge in [-0.05, 0) is 49.6 Å². The summed E-state index contributed by atoms with van der Waals surface area (Å²) in [6.45, 7) is 6.04. The zero-order valence-electron chi connectivity index (χ0n) is 16.3. The lowest BCUT2D eigenvalue weighted by atomic mass is 10.2. The van der Waals surface area contributed by atoms with Crippen LogP contribution in [0.3, 0.4) is 0 Å². The van der Waals surface area contributed by atoms with Crippen molar-refractivity contribution in [2.45, 2.75) is 33.7 Å². The molecule has 0 saturated carbocycles. The van der Waals surface area contributed by atoms with E-state index in [-0.39, 0.29) is 23.9 Å². The van der Waals surface area contributed by atoms with Gasteiger partial charge in [-0.15, -0.1) is 11.3 Å². The van der Waals surface area contributed by atoms with Crippen LogP contribution in [0.1, 0.15) is 34.1 Å². The third-order valence-corrected chi connectivity index (χ3v) is 6.14. The number of halogens is 1. The van der Waals surface area contributed by atoms with Crippen LogP contribution in [0.5, 0.6) is 0 Å². The highest BCUT2D eigenvalue weighted by Crippen LogP contribution is 2.28. The number of fused-ring (bicyclic) bond motifs is 1. The molecule has 0 unspecified atom stereocenters. The molecule has 0 radical (unpaired) electrons. The van der Waals surface area contributed by atoms with Gasteiger partial charge in [0.2, 0.25) is 5.91 Å². The van der Waals surface area contributed by atoms with Crippen LogP contribution in [0, 0.1) is 13.8 Å². The van der Waals surface area contributed by atoms with Gasteiger partial charge >= 0.3 is 0 Å². The average molecular weight is 477 g/mol. The number of nitrogens with one attached hydrogen (secondary N) is 2. The third-order valence-electron chi connectivity index (χ3n) is 4.45. The Balaban J connectivity index is 1.91. The first-order valence-electron chi connectivity index (χ1n) is 9.14. The standard InChI is InChI=1S/C20H21BrN4O3S/c1-4-7-22-15(26)9-25-10-23-19-16(20(25)28)12(3)17(29-19)18(27)24-14-6-5-13(21)8-11(14)2/h5-6,8,10H,4,7,9H2,1-3H3,(H,22,26)(H,24,27). The maximum Gasteiger partial charge on any atom is 0.266 e. The number of carbonyl (C=O) groups is 2. The number of hydrogen-bond donors (Lipinski definition) is 2. The van der Waals surface area contributed by atoms with E-state index in [1.54, 1.807) is 6.92 Å². The average Bonchev–Trinajstić information content (AvgIpc) is 3.02. The molecule has 1 aromatic carbocycles. The first-order valence-corrected chi connectivity index (χ1v) is 10.8. The van der Waals surface area contributed by atoms with Crippen LogP contribution in [0.25, 0.3) is 10.2 Å². The predicted octanol–water partition coefficient (Wildman–Crippen LogP) is 3.62. The molecule has 0 spiro atoms. The Hall–Kier alpha value is -2.52. The Morgan fingerprint density at radius 2 is 2.03 bits per heavy atom. The molecule has 0 aliphatic rings. The highest BCUT2D eigenvalue weighted by molar-refractivity contribution is 9.10. The van der Waals surface area contributed by atoms with E-state index in [1.165, 1.54) is 22.2 Å². The predicted molar refractivity (Wildman–Crippen MR) is 119 cm³/mol. The van der Waals surface area contributed by atoms with Crippen LogP contribution in [-0.4, -0.2) is 27.9 Å². The molecular formula is C20H21BrN4O3S. The highest BCUT2D eigenvalue weighted by atomic mass is 79.9. The van der Waals surface area contributed by atoms with Crippen molar-refractivity contribution in [2.75, 3.05) is 11.9 Å². The van der Waals surface area contributed by atoms with E-state index in [0.29, 0.717) is 32.9 Å². The molecular weight excluding hydrogens is 456 g/mol. The monoisotopic (exact) mass is 476 g/mol. The van der Waals surface area contributed by atoms with Crippen molar-refractivity contribution in [1.82, 2.24) is 14.9 Å². The Morgan fingerprint density at radius 1 is 1.28 bits per heavy atom. The number of rotatable bonds is 6. The van der Waals surface area contributed by atoms with Crippen LogP contribution in [0.2, 0.25) is 0 Å². The van der Waals surface area contributed by atoms with Gasteiger partial charge in [0, 0.05) is 16.7 Å². The van der Waals surface area contributed by atoms with E-state index in [2.05, 4.69) is 31.5 Å². The zero-order valence-corrected chi connectivity index (χ0v) is 18.7. The molecule has 0 aliphatic heterocycles. The second kappa shape index (κ2) is 8.87. The van der Waals surface area contributed by atoms with E-state index in [4.69, 9.17) is 0 Å². The Labute approximate surface area is 180 Å². The minimum atomic E-state index is -0.325. The number of amides is 2. The largest absolute Gasteiger partial charge is 0.355 e. The normalized spacial score (nSPS) is 10.9.